The van der Waals surface area contributed by atoms with Gasteiger partial charge in [-0.25, -0.2) is 0 Å². The van der Waals surface area contributed by atoms with Crippen LogP contribution in [0.4, 0.5) is 0 Å². The first-order chi connectivity index (χ1) is 13.2. The molecule has 0 bridgehead atoms. The van der Waals surface area contributed by atoms with Crippen molar-refractivity contribution in [2.75, 3.05) is 66.0 Å². The van der Waals surface area contributed by atoms with Crippen molar-refractivity contribution in [1.82, 2.24) is 20.0 Å². The van der Waals surface area contributed by atoms with Crippen molar-refractivity contribution in [2.24, 2.45) is 10.9 Å². The first kappa shape index (κ1) is 20.4. The molecule has 0 aromatic rings. The summed E-state index contributed by atoms with van der Waals surface area (Å²) in [4.78, 5) is 23.8. The number of hydrogen-bond donors (Lipinski definition) is 1. The molecule has 3 fully saturated rings. The van der Waals surface area contributed by atoms with Crippen LogP contribution in [0.25, 0.3) is 0 Å². The normalized spacial score (nSPS) is 25.9. The SMILES string of the molecule is CCCN1CCC(CNC(=NC)N2CCN(C(=O)C3CCCO3)CC2)CC1. The number of hydrogen-bond acceptors (Lipinski definition) is 4. The van der Waals surface area contributed by atoms with Gasteiger partial charge in [-0.05, 0) is 57.7 Å². The van der Waals surface area contributed by atoms with Crippen LogP contribution in [0, 0.1) is 5.92 Å². The van der Waals surface area contributed by atoms with E-state index < -0.39 is 0 Å². The number of carbonyl (C=O) groups excluding carboxylic acids is 1. The lowest BCUT2D eigenvalue weighted by molar-refractivity contribution is -0.142. The van der Waals surface area contributed by atoms with Gasteiger partial charge < -0.3 is 24.8 Å². The Bertz CT molecular complexity index is 491. The van der Waals surface area contributed by atoms with Crippen LogP contribution in [0.5, 0.6) is 0 Å². The average molecular weight is 380 g/mol. The molecule has 3 aliphatic rings. The predicted molar refractivity (Wildman–Crippen MR) is 108 cm³/mol. The van der Waals surface area contributed by atoms with E-state index in [1.165, 1.54) is 38.9 Å². The quantitative estimate of drug-likeness (QED) is 0.571. The molecule has 0 saturated carbocycles. The maximum Gasteiger partial charge on any atom is 0.251 e. The fourth-order valence-electron chi connectivity index (χ4n) is 4.41. The Morgan fingerprint density at radius 2 is 1.78 bits per heavy atom. The fourth-order valence-corrected chi connectivity index (χ4v) is 4.41. The minimum absolute atomic E-state index is 0.175. The molecule has 3 saturated heterocycles. The monoisotopic (exact) mass is 379 g/mol. The Kier molecular flexibility index (Phi) is 7.76. The molecule has 7 heteroatoms. The van der Waals surface area contributed by atoms with Crippen LogP contribution in [-0.2, 0) is 9.53 Å². The lowest BCUT2D eigenvalue weighted by Crippen LogP contribution is -2.55. The van der Waals surface area contributed by atoms with Crippen LogP contribution >= 0.6 is 0 Å². The van der Waals surface area contributed by atoms with Gasteiger partial charge in [0, 0.05) is 46.4 Å². The Morgan fingerprint density at radius 1 is 1.07 bits per heavy atom. The van der Waals surface area contributed by atoms with Crippen molar-refractivity contribution in [3.63, 3.8) is 0 Å². The minimum Gasteiger partial charge on any atom is -0.368 e. The number of guanidine groups is 1. The highest BCUT2D eigenvalue weighted by atomic mass is 16.5. The highest BCUT2D eigenvalue weighted by molar-refractivity contribution is 5.82. The molecule has 3 heterocycles. The second kappa shape index (κ2) is 10.3. The topological polar surface area (TPSA) is 60.4 Å². The Morgan fingerprint density at radius 3 is 2.37 bits per heavy atom. The van der Waals surface area contributed by atoms with Crippen molar-refractivity contribution in [3.05, 3.63) is 0 Å². The van der Waals surface area contributed by atoms with Gasteiger partial charge in [-0.3, -0.25) is 9.79 Å². The second-order valence-electron chi connectivity index (χ2n) is 8.03. The van der Waals surface area contributed by atoms with Gasteiger partial charge in [-0.2, -0.15) is 0 Å². The zero-order valence-corrected chi connectivity index (χ0v) is 17.2. The zero-order valence-electron chi connectivity index (χ0n) is 17.2. The number of piperazine rings is 1. The lowest BCUT2D eigenvalue weighted by atomic mass is 9.97. The number of carbonyl (C=O) groups is 1. The van der Waals surface area contributed by atoms with E-state index in [0.717, 1.165) is 64.0 Å². The van der Waals surface area contributed by atoms with Gasteiger partial charge in [0.25, 0.3) is 5.91 Å². The molecule has 0 radical (unpaired) electrons. The summed E-state index contributed by atoms with van der Waals surface area (Å²) >= 11 is 0. The van der Waals surface area contributed by atoms with Gasteiger partial charge in [-0.1, -0.05) is 6.92 Å². The van der Waals surface area contributed by atoms with E-state index >= 15 is 0 Å². The molecule has 7 nitrogen and oxygen atoms in total. The van der Waals surface area contributed by atoms with E-state index in [1.54, 1.807) is 0 Å². The average Bonchev–Trinajstić information content (AvgIpc) is 3.25. The molecule has 0 aliphatic carbocycles. The van der Waals surface area contributed by atoms with Crippen molar-refractivity contribution in [1.29, 1.82) is 0 Å². The molecule has 27 heavy (non-hydrogen) atoms. The van der Waals surface area contributed by atoms with E-state index in [9.17, 15) is 4.79 Å². The molecule has 1 amide bonds. The van der Waals surface area contributed by atoms with Crippen LogP contribution in [0.2, 0.25) is 0 Å². The summed E-state index contributed by atoms with van der Waals surface area (Å²) in [6.07, 6.45) is 5.47. The summed E-state index contributed by atoms with van der Waals surface area (Å²) < 4.78 is 5.55. The number of aliphatic imine (C=N–C) groups is 1. The van der Waals surface area contributed by atoms with E-state index in [1.807, 2.05) is 11.9 Å². The predicted octanol–water partition coefficient (Wildman–Crippen LogP) is 1.01. The summed E-state index contributed by atoms with van der Waals surface area (Å²) in [5, 5.41) is 3.58. The third-order valence-corrected chi connectivity index (χ3v) is 6.10. The van der Waals surface area contributed by atoms with Gasteiger partial charge in [0.1, 0.15) is 6.10 Å². The van der Waals surface area contributed by atoms with Crippen LogP contribution in [0.1, 0.15) is 39.0 Å². The van der Waals surface area contributed by atoms with E-state index in [-0.39, 0.29) is 12.0 Å². The smallest absolute Gasteiger partial charge is 0.251 e. The number of ether oxygens (including phenoxy) is 1. The lowest BCUT2D eigenvalue weighted by Gasteiger charge is -2.38. The zero-order chi connectivity index (χ0) is 19.1. The third-order valence-electron chi connectivity index (χ3n) is 6.10. The number of amides is 1. The summed E-state index contributed by atoms with van der Waals surface area (Å²) in [5.41, 5.74) is 0. The third kappa shape index (κ3) is 5.57. The largest absolute Gasteiger partial charge is 0.368 e. The fraction of sp³-hybridized carbons (Fsp3) is 0.900. The van der Waals surface area contributed by atoms with Crippen LogP contribution in [0.3, 0.4) is 0 Å². The summed E-state index contributed by atoms with van der Waals surface area (Å²) in [6.45, 7) is 10.9. The molecule has 0 aromatic carbocycles. The van der Waals surface area contributed by atoms with E-state index in [4.69, 9.17) is 4.74 Å². The van der Waals surface area contributed by atoms with E-state index in [0.29, 0.717) is 0 Å². The second-order valence-corrected chi connectivity index (χ2v) is 8.03. The Balaban J connectivity index is 1.38. The maximum absolute atomic E-state index is 12.5. The van der Waals surface area contributed by atoms with Crippen molar-refractivity contribution < 1.29 is 9.53 Å². The van der Waals surface area contributed by atoms with E-state index in [2.05, 4.69) is 27.0 Å². The van der Waals surface area contributed by atoms with Gasteiger partial charge in [0.2, 0.25) is 0 Å². The van der Waals surface area contributed by atoms with Crippen LogP contribution in [-0.4, -0.2) is 98.7 Å². The molecule has 0 aromatic heterocycles. The van der Waals surface area contributed by atoms with Crippen molar-refractivity contribution in [2.45, 2.75) is 45.1 Å². The van der Waals surface area contributed by atoms with Crippen LogP contribution < -0.4 is 5.32 Å². The molecule has 3 aliphatic heterocycles. The molecule has 3 rings (SSSR count). The van der Waals surface area contributed by atoms with Gasteiger partial charge >= 0.3 is 0 Å². The standard InChI is InChI=1S/C20H37N5O2/c1-3-8-23-9-6-17(7-10-23)16-22-20(21-2)25-13-11-24(12-14-25)19(26)18-5-4-15-27-18/h17-18H,3-16H2,1-2H3,(H,21,22). The number of nitrogens with one attached hydrogen (secondary N) is 1. The summed E-state index contributed by atoms with van der Waals surface area (Å²) in [6, 6.07) is 0. The molecule has 0 spiro atoms. The van der Waals surface area contributed by atoms with Gasteiger partial charge in [-0.15, -0.1) is 0 Å². The highest BCUT2D eigenvalue weighted by Gasteiger charge is 2.31. The molecule has 1 atom stereocenters. The summed E-state index contributed by atoms with van der Waals surface area (Å²) in [7, 11) is 1.86. The van der Waals surface area contributed by atoms with Crippen molar-refractivity contribution >= 4 is 11.9 Å². The van der Waals surface area contributed by atoms with Gasteiger partial charge in [0.15, 0.2) is 5.96 Å². The maximum atomic E-state index is 12.5. The minimum atomic E-state index is -0.201. The van der Waals surface area contributed by atoms with Crippen LogP contribution in [0.15, 0.2) is 4.99 Å². The molecule has 1 N–H and O–H groups in total. The Labute approximate surface area is 164 Å². The molecule has 1 unspecified atom stereocenters. The molecular weight excluding hydrogens is 342 g/mol. The molecular formula is C20H37N5O2. The van der Waals surface area contributed by atoms with Crippen molar-refractivity contribution in [3.8, 4) is 0 Å². The first-order valence-corrected chi connectivity index (χ1v) is 10.8. The number of piperidine rings is 1. The molecule has 154 valence electrons. The first-order valence-electron chi connectivity index (χ1n) is 10.8. The number of rotatable bonds is 5. The van der Waals surface area contributed by atoms with Gasteiger partial charge in [0.05, 0.1) is 0 Å². The number of nitrogens with zero attached hydrogens (tertiary/aromatic N) is 4. The highest BCUT2D eigenvalue weighted by Crippen LogP contribution is 2.18. The Hall–Kier alpha value is -1.34. The number of likely N-dealkylation sites (tertiary alicyclic amines) is 1. The summed E-state index contributed by atoms with van der Waals surface area (Å²) in [5.74, 6) is 1.89.